The first kappa shape index (κ1) is 18.3. The van der Waals surface area contributed by atoms with Gasteiger partial charge in [-0.3, -0.25) is 14.8 Å². The van der Waals surface area contributed by atoms with Gasteiger partial charge in [0, 0.05) is 18.0 Å². The molecule has 0 spiro atoms. The fraction of sp³-hybridized carbons (Fsp3) is 0.286. The summed E-state index contributed by atoms with van der Waals surface area (Å²) in [6.45, 7) is 0. The highest BCUT2D eigenvalue weighted by atomic mass is 35.5. The van der Waals surface area contributed by atoms with Crippen molar-refractivity contribution in [2.24, 2.45) is 10.8 Å². The maximum absolute atomic E-state index is 11.7. The number of amides is 1. The molecule has 6 nitrogen and oxygen atoms in total. The van der Waals surface area contributed by atoms with E-state index in [0.29, 0.717) is 6.42 Å². The number of nitrogens with zero attached hydrogens (tertiary/aromatic N) is 3. The molecule has 0 bridgehead atoms. The van der Waals surface area contributed by atoms with Crippen LogP contribution in [0.4, 0.5) is 0 Å². The van der Waals surface area contributed by atoms with Crippen molar-refractivity contribution in [2.75, 3.05) is 12.0 Å². The Kier molecular flexibility index (Phi) is 7.79. The zero-order chi connectivity index (χ0) is 15.1. The molecule has 1 heterocycles. The molecule has 0 aliphatic rings. The first-order valence-corrected chi connectivity index (χ1v) is 7.89. The maximum Gasteiger partial charge on any atom is 0.256 e. The van der Waals surface area contributed by atoms with Crippen molar-refractivity contribution in [1.82, 2.24) is 15.4 Å². The highest BCUT2D eigenvalue weighted by Crippen LogP contribution is 2.11. The monoisotopic (exact) mass is 339 g/mol. The van der Waals surface area contributed by atoms with E-state index in [0.717, 1.165) is 22.3 Å². The lowest BCUT2D eigenvalue weighted by Crippen LogP contribution is -2.38. The molecule has 1 amide bonds. The fourth-order valence-electron chi connectivity index (χ4n) is 1.74. The molecule has 2 rings (SSSR count). The molecule has 0 saturated heterocycles. The molecule has 0 aliphatic heterocycles. The van der Waals surface area contributed by atoms with E-state index in [1.165, 1.54) is 0 Å². The highest BCUT2D eigenvalue weighted by molar-refractivity contribution is 7.98. The fourth-order valence-corrected chi connectivity index (χ4v) is 2.23. The van der Waals surface area contributed by atoms with Crippen molar-refractivity contribution in [3.05, 3.63) is 36.2 Å². The summed E-state index contributed by atoms with van der Waals surface area (Å²) in [5, 5.41) is 3.94. The van der Waals surface area contributed by atoms with Crippen LogP contribution in [0.3, 0.4) is 0 Å². The third-order valence-corrected chi connectivity index (χ3v) is 3.52. The van der Waals surface area contributed by atoms with Gasteiger partial charge in [-0.1, -0.05) is 12.1 Å². The minimum Gasteiger partial charge on any atom is -0.320 e. The summed E-state index contributed by atoms with van der Waals surface area (Å²) in [4.78, 5) is 20.2. The summed E-state index contributed by atoms with van der Waals surface area (Å²) in [6, 6.07) is 5.06. The van der Waals surface area contributed by atoms with Crippen molar-refractivity contribution >= 4 is 47.3 Å². The first-order chi connectivity index (χ1) is 10.2. The molecule has 8 heteroatoms. The summed E-state index contributed by atoms with van der Waals surface area (Å²) in [5.74, 6) is 0.559. The Morgan fingerprint density at radius 3 is 3.00 bits per heavy atom. The quantitative estimate of drug-likeness (QED) is 0.615. The number of carbonyl (C=O) groups excluding carboxylic acids is 1. The topological polar surface area (TPSA) is 93.3 Å². The van der Waals surface area contributed by atoms with Gasteiger partial charge in [0.05, 0.1) is 23.3 Å². The Bertz CT molecular complexity index is 647. The molecule has 0 aliphatic carbocycles. The third kappa shape index (κ3) is 4.94. The molecule has 0 saturated carbocycles. The SMILES string of the molecule is CSCC[C@H](N)C(=O)N/N=C/c1cccc2nccnc12.Cl. The summed E-state index contributed by atoms with van der Waals surface area (Å²) in [6.07, 6.45) is 7.41. The van der Waals surface area contributed by atoms with Crippen LogP contribution in [0, 0.1) is 0 Å². The highest BCUT2D eigenvalue weighted by Gasteiger charge is 2.11. The number of carbonyl (C=O) groups is 1. The Morgan fingerprint density at radius 2 is 2.23 bits per heavy atom. The van der Waals surface area contributed by atoms with Crippen LogP contribution in [-0.4, -0.2) is 40.1 Å². The van der Waals surface area contributed by atoms with E-state index in [1.807, 2.05) is 24.5 Å². The van der Waals surface area contributed by atoms with Crippen molar-refractivity contribution in [1.29, 1.82) is 0 Å². The van der Waals surface area contributed by atoms with E-state index in [-0.39, 0.29) is 18.3 Å². The molecule has 0 fully saturated rings. The van der Waals surface area contributed by atoms with Crippen molar-refractivity contribution in [2.45, 2.75) is 12.5 Å². The second kappa shape index (κ2) is 9.34. The van der Waals surface area contributed by atoms with Crippen molar-refractivity contribution in [3.8, 4) is 0 Å². The number of nitrogens with one attached hydrogen (secondary N) is 1. The number of hydrogen-bond acceptors (Lipinski definition) is 6. The van der Waals surface area contributed by atoms with Gasteiger partial charge in [-0.25, -0.2) is 5.43 Å². The van der Waals surface area contributed by atoms with Crippen LogP contribution in [0.5, 0.6) is 0 Å². The van der Waals surface area contributed by atoms with Gasteiger partial charge in [-0.15, -0.1) is 12.4 Å². The lowest BCUT2D eigenvalue weighted by molar-refractivity contribution is -0.122. The number of hydrogen-bond donors (Lipinski definition) is 2. The zero-order valence-corrected chi connectivity index (χ0v) is 13.7. The molecular weight excluding hydrogens is 322 g/mol. The van der Waals surface area contributed by atoms with E-state index in [4.69, 9.17) is 5.73 Å². The summed E-state index contributed by atoms with van der Waals surface area (Å²) in [5.41, 5.74) is 10.5. The minimum atomic E-state index is -0.540. The van der Waals surface area contributed by atoms with Crippen LogP contribution in [-0.2, 0) is 4.79 Å². The number of fused-ring (bicyclic) bond motifs is 1. The lowest BCUT2D eigenvalue weighted by atomic mass is 10.2. The largest absolute Gasteiger partial charge is 0.320 e. The number of nitrogens with two attached hydrogens (primary N) is 1. The Hall–Kier alpha value is -1.70. The number of halogens is 1. The molecule has 22 heavy (non-hydrogen) atoms. The van der Waals surface area contributed by atoms with Gasteiger partial charge in [0.25, 0.3) is 5.91 Å². The molecule has 118 valence electrons. The van der Waals surface area contributed by atoms with Crippen LogP contribution < -0.4 is 11.2 Å². The number of benzene rings is 1. The van der Waals surface area contributed by atoms with E-state index in [9.17, 15) is 4.79 Å². The van der Waals surface area contributed by atoms with Crippen molar-refractivity contribution in [3.63, 3.8) is 0 Å². The minimum absolute atomic E-state index is 0. The average molecular weight is 340 g/mol. The first-order valence-electron chi connectivity index (χ1n) is 6.49. The van der Waals surface area contributed by atoms with Crippen LogP contribution in [0.1, 0.15) is 12.0 Å². The Morgan fingerprint density at radius 1 is 1.45 bits per heavy atom. The number of thioether (sulfide) groups is 1. The van der Waals surface area contributed by atoms with E-state index >= 15 is 0 Å². The predicted octanol–water partition coefficient (Wildman–Crippen LogP) is 1.58. The second-order valence-corrected chi connectivity index (χ2v) is 5.38. The average Bonchev–Trinajstić information content (AvgIpc) is 2.52. The van der Waals surface area contributed by atoms with Gasteiger partial charge in [0.2, 0.25) is 0 Å². The Balaban J connectivity index is 0.00000242. The predicted molar refractivity (Wildman–Crippen MR) is 93.5 cm³/mol. The van der Waals surface area contributed by atoms with Crippen LogP contribution >= 0.6 is 24.2 Å². The maximum atomic E-state index is 11.7. The third-order valence-electron chi connectivity index (χ3n) is 2.88. The van der Waals surface area contributed by atoms with Crippen molar-refractivity contribution < 1.29 is 4.79 Å². The standard InChI is InChI=1S/C14H17N5OS.ClH/c1-21-8-5-11(15)14(20)19-18-9-10-3-2-4-12-13(10)17-7-6-16-12;/h2-4,6-7,9,11H,5,8,15H2,1H3,(H,19,20);1H/b18-9+;/t11-;/m0./s1. The molecule has 0 unspecified atom stereocenters. The van der Waals surface area contributed by atoms with Gasteiger partial charge >= 0.3 is 0 Å². The summed E-state index contributed by atoms with van der Waals surface area (Å²) >= 11 is 1.66. The van der Waals surface area contributed by atoms with Crippen LogP contribution in [0.2, 0.25) is 0 Å². The van der Waals surface area contributed by atoms with Gasteiger partial charge in [0.1, 0.15) is 0 Å². The molecule has 3 N–H and O–H groups in total. The molecule has 1 aromatic heterocycles. The number of para-hydroxylation sites is 1. The van der Waals surface area contributed by atoms with E-state index < -0.39 is 6.04 Å². The van der Waals surface area contributed by atoms with Gasteiger partial charge in [0.15, 0.2) is 0 Å². The number of rotatable bonds is 6. The molecule has 1 aromatic carbocycles. The normalized spacial score (nSPS) is 12.1. The number of aromatic nitrogens is 2. The smallest absolute Gasteiger partial charge is 0.256 e. The lowest BCUT2D eigenvalue weighted by Gasteiger charge is -2.08. The van der Waals surface area contributed by atoms with E-state index in [2.05, 4.69) is 20.5 Å². The molecule has 0 radical (unpaired) electrons. The molecule has 1 atom stereocenters. The van der Waals surface area contributed by atoms with Crippen LogP contribution in [0.15, 0.2) is 35.7 Å². The van der Waals surface area contributed by atoms with Crippen LogP contribution in [0.25, 0.3) is 11.0 Å². The Labute approximate surface area is 139 Å². The molecular formula is C14H18ClN5OS. The van der Waals surface area contributed by atoms with Gasteiger partial charge in [-0.05, 0) is 24.5 Å². The zero-order valence-electron chi connectivity index (χ0n) is 12.1. The summed E-state index contributed by atoms with van der Waals surface area (Å²) < 4.78 is 0. The second-order valence-electron chi connectivity index (χ2n) is 4.39. The van der Waals surface area contributed by atoms with E-state index in [1.54, 1.807) is 30.4 Å². The number of hydrazone groups is 1. The van der Waals surface area contributed by atoms with Gasteiger partial charge in [-0.2, -0.15) is 16.9 Å². The molecule has 2 aromatic rings. The summed E-state index contributed by atoms with van der Waals surface area (Å²) in [7, 11) is 0. The van der Waals surface area contributed by atoms with Gasteiger partial charge < -0.3 is 5.73 Å².